The zero-order chi connectivity index (χ0) is 13.7. The van der Waals surface area contributed by atoms with E-state index in [1.54, 1.807) is 6.20 Å². The summed E-state index contributed by atoms with van der Waals surface area (Å²) in [5, 5.41) is 11.0. The molecule has 1 aromatic heterocycles. The monoisotopic (exact) mass is 270 g/mol. The van der Waals surface area contributed by atoms with Gasteiger partial charge in [0, 0.05) is 17.1 Å². The number of carbonyl (C=O) groups excluding carboxylic acids is 2. The van der Waals surface area contributed by atoms with Gasteiger partial charge < -0.3 is 5.32 Å². The Morgan fingerprint density at radius 3 is 2.95 bits per heavy atom. The van der Waals surface area contributed by atoms with Gasteiger partial charge in [0.2, 0.25) is 5.91 Å². The fourth-order valence-electron chi connectivity index (χ4n) is 2.76. The number of aromatic amines is 1. The Morgan fingerprint density at radius 1 is 1.30 bits per heavy atom. The van der Waals surface area contributed by atoms with Crippen LogP contribution in [0.2, 0.25) is 0 Å². The molecule has 2 aromatic rings. The van der Waals surface area contributed by atoms with Crippen LogP contribution in [0.5, 0.6) is 0 Å². The number of nitrogens with one attached hydrogen (secondary N) is 2. The molecule has 2 aliphatic rings. The van der Waals surface area contributed by atoms with Crippen molar-refractivity contribution in [1.29, 1.82) is 0 Å². The highest BCUT2D eigenvalue weighted by molar-refractivity contribution is 6.08. The van der Waals surface area contributed by atoms with Gasteiger partial charge in [0.25, 0.3) is 5.91 Å². The van der Waals surface area contributed by atoms with Crippen LogP contribution in [0.25, 0.3) is 10.9 Å². The topological polar surface area (TPSA) is 78.1 Å². The van der Waals surface area contributed by atoms with E-state index in [0.717, 1.165) is 29.4 Å². The summed E-state index contributed by atoms with van der Waals surface area (Å²) in [5.74, 6) is -0.160. The Kier molecular flexibility index (Phi) is 2.33. The summed E-state index contributed by atoms with van der Waals surface area (Å²) in [5.41, 5.74) is 1.74. The van der Waals surface area contributed by atoms with E-state index in [1.807, 2.05) is 18.2 Å². The molecule has 1 atom stereocenters. The molecule has 1 aromatic carbocycles. The first-order valence-electron chi connectivity index (χ1n) is 6.78. The lowest BCUT2D eigenvalue weighted by Gasteiger charge is -2.15. The fraction of sp³-hybridized carbons (Fsp3) is 0.357. The number of nitrogens with zero attached hydrogens (tertiary/aromatic N) is 2. The average molecular weight is 270 g/mol. The minimum atomic E-state index is -0.455. The second kappa shape index (κ2) is 4.06. The van der Waals surface area contributed by atoms with Crippen LogP contribution in [0.4, 0.5) is 5.69 Å². The van der Waals surface area contributed by atoms with Crippen LogP contribution in [0.3, 0.4) is 0 Å². The first-order chi connectivity index (χ1) is 9.74. The van der Waals surface area contributed by atoms with Crippen molar-refractivity contribution in [2.24, 2.45) is 0 Å². The molecule has 1 saturated carbocycles. The smallest absolute Gasteiger partial charge is 0.252 e. The highest BCUT2D eigenvalue weighted by Crippen LogP contribution is 2.33. The molecule has 102 valence electrons. The van der Waals surface area contributed by atoms with Gasteiger partial charge in [-0.25, -0.2) is 0 Å². The summed E-state index contributed by atoms with van der Waals surface area (Å²) < 4.78 is 0. The minimum absolute atomic E-state index is 0.0608. The predicted molar refractivity (Wildman–Crippen MR) is 73.0 cm³/mol. The molecular weight excluding hydrogens is 256 g/mol. The summed E-state index contributed by atoms with van der Waals surface area (Å²) in [6.07, 6.45) is 3.85. The Labute approximate surface area is 115 Å². The Bertz CT molecular complexity index is 704. The maximum Gasteiger partial charge on any atom is 0.252 e. The summed E-state index contributed by atoms with van der Waals surface area (Å²) in [7, 11) is 0. The number of H-pyrrole nitrogens is 1. The van der Waals surface area contributed by atoms with Crippen molar-refractivity contribution in [3.8, 4) is 0 Å². The van der Waals surface area contributed by atoms with Gasteiger partial charge in [0.05, 0.1) is 18.1 Å². The molecular formula is C14H14N4O2. The molecule has 0 radical (unpaired) electrons. The van der Waals surface area contributed by atoms with Crippen molar-refractivity contribution < 1.29 is 9.59 Å². The molecule has 1 saturated heterocycles. The largest absolute Gasteiger partial charge is 0.373 e. The number of likely N-dealkylation sites (tertiary alicyclic amines) is 1. The molecule has 2 fully saturated rings. The van der Waals surface area contributed by atoms with Crippen molar-refractivity contribution in [3.05, 3.63) is 24.4 Å². The number of fused-ring (bicyclic) bond motifs is 1. The third-order valence-corrected chi connectivity index (χ3v) is 3.91. The first kappa shape index (κ1) is 11.5. The predicted octanol–water partition coefficient (Wildman–Crippen LogP) is 1.26. The van der Waals surface area contributed by atoms with Crippen LogP contribution < -0.4 is 5.32 Å². The maximum absolute atomic E-state index is 12.3. The lowest BCUT2D eigenvalue weighted by atomic mass is 10.2. The van der Waals surface area contributed by atoms with Gasteiger partial charge in [-0.15, -0.1) is 0 Å². The Hall–Kier alpha value is -2.37. The number of benzene rings is 1. The molecule has 4 rings (SSSR count). The van der Waals surface area contributed by atoms with E-state index in [0.29, 0.717) is 0 Å². The zero-order valence-corrected chi connectivity index (χ0v) is 10.8. The van der Waals surface area contributed by atoms with Gasteiger partial charge in [-0.2, -0.15) is 5.10 Å². The number of imide groups is 1. The molecule has 1 aliphatic carbocycles. The van der Waals surface area contributed by atoms with Crippen molar-refractivity contribution in [2.75, 3.05) is 5.32 Å². The molecule has 2 N–H and O–H groups in total. The van der Waals surface area contributed by atoms with Gasteiger partial charge in [-0.05, 0) is 25.0 Å². The van der Waals surface area contributed by atoms with Crippen LogP contribution in [0.15, 0.2) is 24.4 Å². The SMILES string of the molecule is O=C1CC(Nc2cccc3[nH]ncc23)C(=O)N1C1CC1. The highest BCUT2D eigenvalue weighted by Gasteiger charge is 2.46. The third kappa shape index (κ3) is 1.68. The molecule has 1 aliphatic heterocycles. The van der Waals surface area contributed by atoms with Gasteiger partial charge in [0.15, 0.2) is 0 Å². The van der Waals surface area contributed by atoms with Crippen LogP contribution >= 0.6 is 0 Å². The van der Waals surface area contributed by atoms with E-state index < -0.39 is 6.04 Å². The number of rotatable bonds is 3. The summed E-state index contributed by atoms with van der Waals surface area (Å²) in [4.78, 5) is 25.7. The summed E-state index contributed by atoms with van der Waals surface area (Å²) >= 11 is 0. The van der Waals surface area contributed by atoms with Crippen LogP contribution in [-0.4, -0.2) is 39.0 Å². The van der Waals surface area contributed by atoms with E-state index in [4.69, 9.17) is 0 Å². The van der Waals surface area contributed by atoms with Gasteiger partial charge in [-0.1, -0.05) is 6.07 Å². The average Bonchev–Trinajstić information content (AvgIpc) is 3.06. The lowest BCUT2D eigenvalue weighted by Crippen LogP contribution is -2.36. The van der Waals surface area contributed by atoms with E-state index in [1.165, 1.54) is 4.90 Å². The number of carbonyl (C=O) groups is 2. The summed E-state index contributed by atoms with van der Waals surface area (Å²) in [6.45, 7) is 0. The molecule has 0 spiro atoms. The third-order valence-electron chi connectivity index (χ3n) is 3.91. The number of amides is 2. The molecule has 2 amide bonds. The molecule has 6 nitrogen and oxygen atoms in total. The minimum Gasteiger partial charge on any atom is -0.373 e. The van der Waals surface area contributed by atoms with Gasteiger partial charge in [0.1, 0.15) is 6.04 Å². The molecule has 6 heteroatoms. The van der Waals surface area contributed by atoms with Gasteiger partial charge >= 0.3 is 0 Å². The summed E-state index contributed by atoms with van der Waals surface area (Å²) in [6, 6.07) is 5.40. The lowest BCUT2D eigenvalue weighted by molar-refractivity contribution is -0.139. The van der Waals surface area contributed by atoms with E-state index in [2.05, 4.69) is 15.5 Å². The number of anilines is 1. The Morgan fingerprint density at radius 2 is 2.15 bits per heavy atom. The van der Waals surface area contributed by atoms with Crippen LogP contribution in [-0.2, 0) is 9.59 Å². The maximum atomic E-state index is 12.3. The van der Waals surface area contributed by atoms with Crippen molar-refractivity contribution in [1.82, 2.24) is 15.1 Å². The second-order valence-corrected chi connectivity index (χ2v) is 5.37. The first-order valence-corrected chi connectivity index (χ1v) is 6.78. The molecule has 20 heavy (non-hydrogen) atoms. The van der Waals surface area contributed by atoms with Crippen molar-refractivity contribution in [2.45, 2.75) is 31.3 Å². The van der Waals surface area contributed by atoms with E-state index in [-0.39, 0.29) is 24.3 Å². The van der Waals surface area contributed by atoms with Crippen LogP contribution in [0, 0.1) is 0 Å². The second-order valence-electron chi connectivity index (χ2n) is 5.37. The van der Waals surface area contributed by atoms with Crippen LogP contribution in [0.1, 0.15) is 19.3 Å². The highest BCUT2D eigenvalue weighted by atomic mass is 16.2. The molecule has 1 unspecified atom stereocenters. The zero-order valence-electron chi connectivity index (χ0n) is 10.8. The number of hydrogen-bond donors (Lipinski definition) is 2. The van der Waals surface area contributed by atoms with Crippen molar-refractivity contribution >= 4 is 28.4 Å². The standard InChI is InChI=1S/C14H14N4O2/c19-13-6-12(14(20)18(13)8-4-5-8)16-10-2-1-3-11-9(10)7-15-17-11/h1-3,7-8,12,16H,4-6H2,(H,15,17). The van der Waals surface area contributed by atoms with E-state index >= 15 is 0 Å². The molecule has 2 heterocycles. The fourth-order valence-corrected chi connectivity index (χ4v) is 2.76. The van der Waals surface area contributed by atoms with Gasteiger partial charge in [-0.3, -0.25) is 19.6 Å². The normalized spacial score (nSPS) is 22.8. The number of hydrogen-bond acceptors (Lipinski definition) is 4. The number of aromatic nitrogens is 2. The van der Waals surface area contributed by atoms with E-state index in [9.17, 15) is 9.59 Å². The Balaban J connectivity index is 1.61. The quantitative estimate of drug-likeness (QED) is 0.823. The van der Waals surface area contributed by atoms with Crippen molar-refractivity contribution in [3.63, 3.8) is 0 Å². The molecule has 0 bridgehead atoms.